The lowest BCUT2D eigenvalue weighted by Crippen LogP contribution is -2.20. The van der Waals surface area contributed by atoms with E-state index in [1.165, 1.54) is 24.0 Å². The Morgan fingerprint density at radius 1 is 1.28 bits per heavy atom. The van der Waals surface area contributed by atoms with Crippen molar-refractivity contribution >= 4 is 17.3 Å². The van der Waals surface area contributed by atoms with Gasteiger partial charge in [-0.25, -0.2) is 0 Å². The molecular formula is C20H24N4O. The fourth-order valence-electron chi connectivity index (χ4n) is 3.26. The first-order chi connectivity index (χ1) is 12.2. The predicted molar refractivity (Wildman–Crippen MR) is 99.5 cm³/mol. The Morgan fingerprint density at radius 2 is 2.08 bits per heavy atom. The van der Waals surface area contributed by atoms with Crippen LogP contribution in [0.3, 0.4) is 0 Å². The van der Waals surface area contributed by atoms with Gasteiger partial charge in [-0.1, -0.05) is 30.3 Å². The molecule has 2 aliphatic rings. The van der Waals surface area contributed by atoms with E-state index in [0.717, 1.165) is 30.8 Å². The number of hydrogen-bond acceptors (Lipinski definition) is 3. The molecule has 2 heterocycles. The molecule has 0 spiro atoms. The number of anilines is 1. The topological polar surface area (TPSA) is 69.8 Å². The Morgan fingerprint density at radius 3 is 2.76 bits per heavy atom. The first kappa shape index (κ1) is 16.1. The Labute approximate surface area is 147 Å². The van der Waals surface area contributed by atoms with Crippen LogP contribution >= 0.6 is 0 Å². The van der Waals surface area contributed by atoms with Crippen molar-refractivity contribution in [1.29, 1.82) is 0 Å². The lowest BCUT2D eigenvalue weighted by Gasteiger charge is -2.16. The van der Waals surface area contributed by atoms with Crippen LogP contribution in [0.15, 0.2) is 36.4 Å². The molecule has 4 rings (SSSR count). The number of amides is 1. The van der Waals surface area contributed by atoms with Gasteiger partial charge in [-0.3, -0.25) is 9.89 Å². The molecule has 1 aromatic heterocycles. The average molecular weight is 336 g/mol. The summed E-state index contributed by atoms with van der Waals surface area (Å²) in [6, 6.07) is 10.3. The van der Waals surface area contributed by atoms with Crippen LogP contribution in [-0.2, 0) is 4.79 Å². The van der Waals surface area contributed by atoms with Gasteiger partial charge >= 0.3 is 0 Å². The van der Waals surface area contributed by atoms with E-state index in [0.29, 0.717) is 11.7 Å². The van der Waals surface area contributed by atoms with Crippen LogP contribution in [0.5, 0.6) is 0 Å². The van der Waals surface area contributed by atoms with Crippen LogP contribution in [-0.4, -0.2) is 29.2 Å². The molecule has 25 heavy (non-hydrogen) atoms. The van der Waals surface area contributed by atoms with Gasteiger partial charge < -0.3 is 10.6 Å². The first-order valence-corrected chi connectivity index (χ1v) is 9.07. The van der Waals surface area contributed by atoms with E-state index in [9.17, 15) is 4.79 Å². The maximum atomic E-state index is 12.5. The summed E-state index contributed by atoms with van der Waals surface area (Å²) in [6.45, 7) is 3.89. The summed E-state index contributed by atoms with van der Waals surface area (Å²) in [6.07, 6.45) is 5.72. The highest BCUT2D eigenvalue weighted by atomic mass is 16.1. The van der Waals surface area contributed by atoms with Crippen LogP contribution in [0, 0.1) is 0 Å². The van der Waals surface area contributed by atoms with Crippen LogP contribution in [0.1, 0.15) is 54.8 Å². The minimum absolute atomic E-state index is 0.0253. The first-order valence-electron chi connectivity index (χ1n) is 9.07. The minimum Gasteiger partial charge on any atom is -0.313 e. The summed E-state index contributed by atoms with van der Waals surface area (Å²) in [5.41, 5.74) is 4.78. The molecule has 1 aliphatic carbocycles. The van der Waals surface area contributed by atoms with Crippen LogP contribution < -0.4 is 10.6 Å². The molecule has 1 saturated carbocycles. The number of carbonyl (C=O) groups is 1. The summed E-state index contributed by atoms with van der Waals surface area (Å²) >= 11 is 0. The van der Waals surface area contributed by atoms with Crippen LogP contribution in [0.4, 0.5) is 5.82 Å². The highest BCUT2D eigenvalue weighted by Gasteiger charge is 2.26. The number of aromatic nitrogens is 2. The maximum absolute atomic E-state index is 12.5. The second-order valence-corrected chi connectivity index (χ2v) is 7.00. The predicted octanol–water partition coefficient (Wildman–Crippen LogP) is 3.41. The summed E-state index contributed by atoms with van der Waals surface area (Å²) in [4.78, 5) is 12.5. The third kappa shape index (κ3) is 3.66. The van der Waals surface area contributed by atoms with Crippen molar-refractivity contribution in [3.8, 4) is 0 Å². The van der Waals surface area contributed by atoms with E-state index >= 15 is 0 Å². The van der Waals surface area contributed by atoms with Gasteiger partial charge in [0.1, 0.15) is 0 Å². The fraction of sp³-hybridized carbons (Fsp3) is 0.400. The molecule has 1 amide bonds. The van der Waals surface area contributed by atoms with Gasteiger partial charge in [-0.15, -0.1) is 0 Å². The highest BCUT2D eigenvalue weighted by molar-refractivity contribution is 5.94. The summed E-state index contributed by atoms with van der Waals surface area (Å²) in [7, 11) is 0. The molecule has 5 nitrogen and oxygen atoms in total. The van der Waals surface area contributed by atoms with Crippen LogP contribution in [0.2, 0.25) is 0 Å². The molecule has 3 N–H and O–H groups in total. The molecule has 1 atom stereocenters. The average Bonchev–Trinajstić information content (AvgIpc) is 3.41. The lowest BCUT2D eigenvalue weighted by molar-refractivity contribution is -0.117. The number of rotatable bonds is 5. The highest BCUT2D eigenvalue weighted by Crippen LogP contribution is 2.39. The molecule has 0 radical (unpaired) electrons. The van der Waals surface area contributed by atoms with E-state index in [1.54, 1.807) is 0 Å². The van der Waals surface area contributed by atoms with Gasteiger partial charge in [0, 0.05) is 24.2 Å². The number of nitrogens with zero attached hydrogens (tertiary/aromatic N) is 1. The van der Waals surface area contributed by atoms with Gasteiger partial charge in [0.25, 0.3) is 0 Å². The van der Waals surface area contributed by atoms with Crippen LogP contribution in [0.25, 0.3) is 5.57 Å². The number of nitrogens with one attached hydrogen (secondary N) is 3. The van der Waals surface area contributed by atoms with E-state index in [-0.39, 0.29) is 11.8 Å². The molecular weight excluding hydrogens is 312 g/mol. The lowest BCUT2D eigenvalue weighted by atomic mass is 9.95. The zero-order chi connectivity index (χ0) is 17.2. The van der Waals surface area contributed by atoms with E-state index in [1.807, 2.05) is 13.0 Å². The molecule has 5 heteroatoms. The van der Waals surface area contributed by atoms with Gasteiger partial charge in [0.05, 0.1) is 5.92 Å². The fourth-order valence-corrected chi connectivity index (χ4v) is 3.26. The van der Waals surface area contributed by atoms with E-state index in [4.69, 9.17) is 0 Å². The number of hydrogen-bond donors (Lipinski definition) is 3. The maximum Gasteiger partial charge on any atom is 0.232 e. The minimum atomic E-state index is -0.211. The Kier molecular flexibility index (Phi) is 4.40. The monoisotopic (exact) mass is 336 g/mol. The van der Waals surface area contributed by atoms with Crippen molar-refractivity contribution in [3.05, 3.63) is 53.2 Å². The van der Waals surface area contributed by atoms with Crippen molar-refractivity contribution in [2.24, 2.45) is 0 Å². The number of benzene rings is 1. The quantitative estimate of drug-likeness (QED) is 0.784. The molecule has 2 aromatic rings. The molecule has 0 saturated heterocycles. The standard InChI is InChI=1S/C20H24N4O/c1-13(20(25)22-19-12-18(23-24-19)17-6-7-17)14-2-4-15(5-3-14)16-8-10-21-11-9-16/h2-5,8,12-13,17,21H,6-7,9-11H2,1H3,(H2,22,23,24,25)/t13-/m0/s1. The number of H-pyrrole nitrogens is 1. The normalized spacial score (nSPS) is 18.5. The van der Waals surface area contributed by atoms with Gasteiger partial charge in [0.2, 0.25) is 5.91 Å². The van der Waals surface area contributed by atoms with Crippen molar-refractivity contribution < 1.29 is 4.79 Å². The second-order valence-electron chi connectivity index (χ2n) is 7.00. The molecule has 0 bridgehead atoms. The Bertz CT molecular complexity index is 786. The van der Waals surface area contributed by atoms with E-state index in [2.05, 4.69) is 51.2 Å². The van der Waals surface area contributed by atoms with Crippen molar-refractivity contribution in [2.45, 2.75) is 38.0 Å². The second kappa shape index (κ2) is 6.84. The molecule has 0 unspecified atom stereocenters. The van der Waals surface area contributed by atoms with Crippen molar-refractivity contribution in [1.82, 2.24) is 15.5 Å². The largest absolute Gasteiger partial charge is 0.313 e. The summed E-state index contributed by atoms with van der Waals surface area (Å²) < 4.78 is 0. The zero-order valence-corrected chi connectivity index (χ0v) is 14.5. The van der Waals surface area contributed by atoms with Crippen molar-refractivity contribution in [2.75, 3.05) is 18.4 Å². The summed E-state index contributed by atoms with van der Waals surface area (Å²) in [5.74, 6) is 0.988. The number of carbonyl (C=O) groups excluding carboxylic acids is 1. The Hall–Kier alpha value is -2.40. The third-order valence-corrected chi connectivity index (χ3v) is 5.10. The third-order valence-electron chi connectivity index (χ3n) is 5.10. The summed E-state index contributed by atoms with van der Waals surface area (Å²) in [5, 5.41) is 13.5. The SMILES string of the molecule is C[C@H](C(=O)Nc1cc(C2CC2)[nH]n1)c1ccc(C2=CCNCC2)cc1. The Balaban J connectivity index is 1.41. The molecule has 1 aromatic carbocycles. The van der Waals surface area contributed by atoms with Crippen molar-refractivity contribution in [3.63, 3.8) is 0 Å². The molecule has 1 aliphatic heterocycles. The zero-order valence-electron chi connectivity index (χ0n) is 14.5. The van der Waals surface area contributed by atoms with E-state index < -0.39 is 0 Å². The molecule has 1 fully saturated rings. The number of aromatic amines is 1. The van der Waals surface area contributed by atoms with Gasteiger partial charge in [-0.05, 0) is 49.4 Å². The molecule has 130 valence electrons. The van der Waals surface area contributed by atoms with Gasteiger partial charge in [-0.2, -0.15) is 5.10 Å². The smallest absolute Gasteiger partial charge is 0.232 e. The van der Waals surface area contributed by atoms with Gasteiger partial charge in [0.15, 0.2) is 5.82 Å².